The molecule has 0 aliphatic heterocycles. The quantitative estimate of drug-likeness (QED) is 0.456. The van der Waals surface area contributed by atoms with Gasteiger partial charge in [-0.1, -0.05) is 59.1 Å². The standard InChI is InChI=1S/C27H21F/c1-19-3-7-21(8-4-19)11-13-23-17-18-25(27(28)26(23)24-15-16-24)14-12-22-9-5-20(2)6-10-22/h3-10,17-18,24H,15-16H2,1-2H3. The van der Waals surface area contributed by atoms with Crippen LogP contribution in [0.1, 0.15) is 57.7 Å². The minimum atomic E-state index is -0.210. The summed E-state index contributed by atoms with van der Waals surface area (Å²) in [4.78, 5) is 0. The van der Waals surface area contributed by atoms with Crippen LogP contribution in [0, 0.1) is 43.3 Å². The molecule has 0 N–H and O–H groups in total. The normalized spacial score (nSPS) is 12.5. The highest BCUT2D eigenvalue weighted by Crippen LogP contribution is 2.43. The lowest BCUT2D eigenvalue weighted by Gasteiger charge is -2.07. The first-order chi connectivity index (χ1) is 13.6. The summed E-state index contributed by atoms with van der Waals surface area (Å²) < 4.78 is 15.2. The molecule has 0 bridgehead atoms. The van der Waals surface area contributed by atoms with Gasteiger partial charge in [0.15, 0.2) is 0 Å². The van der Waals surface area contributed by atoms with Gasteiger partial charge in [-0.2, -0.15) is 0 Å². The first-order valence-electron chi connectivity index (χ1n) is 9.60. The molecule has 0 saturated heterocycles. The molecular formula is C27H21F. The van der Waals surface area contributed by atoms with Gasteiger partial charge in [-0.15, -0.1) is 0 Å². The van der Waals surface area contributed by atoms with Crippen LogP contribution in [0.3, 0.4) is 0 Å². The fraction of sp³-hybridized carbons (Fsp3) is 0.185. The van der Waals surface area contributed by atoms with Crippen LogP contribution in [0.25, 0.3) is 0 Å². The summed E-state index contributed by atoms with van der Waals surface area (Å²) in [5.74, 6) is 12.5. The van der Waals surface area contributed by atoms with Gasteiger partial charge in [0.05, 0.1) is 5.56 Å². The zero-order valence-corrected chi connectivity index (χ0v) is 16.1. The SMILES string of the molecule is Cc1ccc(C#Cc2ccc(C#Cc3ccc(C)cc3)c(C3CC3)c2F)cc1. The van der Waals surface area contributed by atoms with Crippen molar-refractivity contribution in [2.45, 2.75) is 32.6 Å². The van der Waals surface area contributed by atoms with E-state index in [0.29, 0.717) is 5.56 Å². The van der Waals surface area contributed by atoms with E-state index in [1.807, 2.05) is 68.4 Å². The summed E-state index contributed by atoms with van der Waals surface area (Å²) in [6.07, 6.45) is 2.04. The van der Waals surface area contributed by atoms with E-state index in [2.05, 4.69) is 23.7 Å². The molecule has 1 saturated carbocycles. The highest BCUT2D eigenvalue weighted by Gasteiger charge is 2.29. The highest BCUT2D eigenvalue weighted by atomic mass is 19.1. The third-order valence-corrected chi connectivity index (χ3v) is 4.95. The zero-order chi connectivity index (χ0) is 19.5. The first-order valence-corrected chi connectivity index (χ1v) is 9.60. The lowest BCUT2D eigenvalue weighted by molar-refractivity contribution is 0.606. The largest absolute Gasteiger partial charge is 0.205 e. The number of rotatable bonds is 1. The lowest BCUT2D eigenvalue weighted by Crippen LogP contribution is -1.97. The van der Waals surface area contributed by atoms with Crippen LogP contribution in [0.5, 0.6) is 0 Å². The molecule has 0 unspecified atom stereocenters. The third kappa shape index (κ3) is 4.16. The fourth-order valence-electron chi connectivity index (χ4n) is 3.12. The Morgan fingerprint density at radius 1 is 0.643 bits per heavy atom. The molecule has 136 valence electrons. The molecule has 0 heterocycles. The van der Waals surface area contributed by atoms with Crippen LogP contribution in [0.15, 0.2) is 60.7 Å². The number of aryl methyl sites for hydroxylation is 2. The van der Waals surface area contributed by atoms with Gasteiger partial charge in [0.1, 0.15) is 5.82 Å². The second-order valence-electron chi connectivity index (χ2n) is 7.39. The Kier molecular flexibility index (Phi) is 5.01. The van der Waals surface area contributed by atoms with Crippen LogP contribution in [-0.4, -0.2) is 0 Å². The van der Waals surface area contributed by atoms with E-state index in [-0.39, 0.29) is 11.7 Å². The summed E-state index contributed by atoms with van der Waals surface area (Å²) >= 11 is 0. The van der Waals surface area contributed by atoms with Crippen LogP contribution < -0.4 is 0 Å². The minimum absolute atomic E-state index is 0.210. The van der Waals surface area contributed by atoms with Gasteiger partial charge >= 0.3 is 0 Å². The smallest absolute Gasteiger partial charge is 0.143 e. The van der Waals surface area contributed by atoms with Crippen molar-refractivity contribution in [1.82, 2.24) is 0 Å². The molecule has 3 aromatic carbocycles. The number of hydrogen-bond acceptors (Lipinski definition) is 0. The van der Waals surface area contributed by atoms with Crippen molar-refractivity contribution in [1.29, 1.82) is 0 Å². The Bertz CT molecular complexity index is 1120. The molecule has 1 heteroatoms. The van der Waals surface area contributed by atoms with Gasteiger partial charge in [-0.25, -0.2) is 4.39 Å². The predicted molar refractivity (Wildman–Crippen MR) is 113 cm³/mol. The average Bonchev–Trinajstić information content (AvgIpc) is 3.53. The van der Waals surface area contributed by atoms with Gasteiger partial charge in [-0.3, -0.25) is 0 Å². The van der Waals surface area contributed by atoms with Gasteiger partial charge in [0.25, 0.3) is 0 Å². The van der Waals surface area contributed by atoms with Gasteiger partial charge in [-0.05, 0) is 69.0 Å². The molecule has 1 aliphatic rings. The van der Waals surface area contributed by atoms with E-state index in [0.717, 1.165) is 35.1 Å². The van der Waals surface area contributed by atoms with E-state index < -0.39 is 0 Å². The lowest BCUT2D eigenvalue weighted by atomic mass is 9.98. The van der Waals surface area contributed by atoms with Crippen molar-refractivity contribution in [3.63, 3.8) is 0 Å². The van der Waals surface area contributed by atoms with E-state index in [1.54, 1.807) is 6.07 Å². The van der Waals surface area contributed by atoms with Crippen molar-refractivity contribution in [3.8, 4) is 23.7 Å². The van der Waals surface area contributed by atoms with E-state index in [9.17, 15) is 0 Å². The van der Waals surface area contributed by atoms with Gasteiger partial charge < -0.3 is 0 Å². The second kappa shape index (κ2) is 7.75. The van der Waals surface area contributed by atoms with E-state index in [1.165, 1.54) is 11.1 Å². The Hall–Kier alpha value is -3.29. The van der Waals surface area contributed by atoms with Gasteiger partial charge in [0, 0.05) is 22.3 Å². The minimum Gasteiger partial charge on any atom is -0.205 e. The molecule has 0 radical (unpaired) electrons. The molecule has 0 amide bonds. The van der Waals surface area contributed by atoms with Crippen LogP contribution in [0.4, 0.5) is 4.39 Å². The topological polar surface area (TPSA) is 0 Å². The molecular weight excluding hydrogens is 343 g/mol. The molecule has 28 heavy (non-hydrogen) atoms. The van der Waals surface area contributed by atoms with Crippen LogP contribution >= 0.6 is 0 Å². The van der Waals surface area contributed by atoms with Crippen molar-refractivity contribution in [3.05, 3.63) is 105 Å². The highest BCUT2D eigenvalue weighted by molar-refractivity contribution is 5.54. The summed E-state index contributed by atoms with van der Waals surface area (Å²) in [6, 6.07) is 19.7. The summed E-state index contributed by atoms with van der Waals surface area (Å²) in [7, 11) is 0. The van der Waals surface area contributed by atoms with Crippen LogP contribution in [0.2, 0.25) is 0 Å². The maximum absolute atomic E-state index is 15.2. The first kappa shape index (κ1) is 18.1. The van der Waals surface area contributed by atoms with Crippen molar-refractivity contribution in [2.75, 3.05) is 0 Å². The Labute approximate surface area is 166 Å². The van der Waals surface area contributed by atoms with Crippen molar-refractivity contribution in [2.24, 2.45) is 0 Å². The van der Waals surface area contributed by atoms with E-state index in [4.69, 9.17) is 0 Å². The van der Waals surface area contributed by atoms with Gasteiger partial charge in [0.2, 0.25) is 0 Å². The molecule has 1 fully saturated rings. The maximum Gasteiger partial charge on any atom is 0.143 e. The number of benzene rings is 3. The Balaban J connectivity index is 1.68. The summed E-state index contributed by atoms with van der Waals surface area (Å²) in [6.45, 7) is 4.09. The molecule has 3 aromatic rings. The number of hydrogen-bond donors (Lipinski definition) is 0. The summed E-state index contributed by atoms with van der Waals surface area (Å²) in [5, 5.41) is 0. The monoisotopic (exact) mass is 364 g/mol. The summed E-state index contributed by atoms with van der Waals surface area (Å²) in [5.41, 5.74) is 6.17. The zero-order valence-electron chi connectivity index (χ0n) is 16.1. The van der Waals surface area contributed by atoms with Crippen LogP contribution in [-0.2, 0) is 0 Å². The molecule has 0 nitrogen and oxygen atoms in total. The molecule has 0 spiro atoms. The molecule has 0 aromatic heterocycles. The molecule has 0 atom stereocenters. The molecule has 1 aliphatic carbocycles. The Morgan fingerprint density at radius 2 is 1.11 bits per heavy atom. The maximum atomic E-state index is 15.2. The number of halogens is 1. The second-order valence-corrected chi connectivity index (χ2v) is 7.39. The molecule has 4 rings (SSSR count). The Morgan fingerprint density at radius 3 is 1.61 bits per heavy atom. The van der Waals surface area contributed by atoms with Crippen molar-refractivity contribution >= 4 is 0 Å². The van der Waals surface area contributed by atoms with Crippen molar-refractivity contribution < 1.29 is 4.39 Å². The fourth-order valence-corrected chi connectivity index (χ4v) is 3.12. The third-order valence-electron chi connectivity index (χ3n) is 4.95. The average molecular weight is 364 g/mol. The predicted octanol–water partition coefficient (Wildman–Crippen LogP) is 6.12. The van der Waals surface area contributed by atoms with E-state index >= 15 is 4.39 Å².